The van der Waals surface area contributed by atoms with Gasteiger partial charge in [-0.25, -0.2) is 13.4 Å². The van der Waals surface area contributed by atoms with Crippen LogP contribution in [0.1, 0.15) is 38.7 Å². The van der Waals surface area contributed by atoms with Crippen LogP contribution in [0.15, 0.2) is 34.1 Å². The summed E-state index contributed by atoms with van der Waals surface area (Å²) in [5.74, 6) is 0.608. The van der Waals surface area contributed by atoms with Crippen LogP contribution in [0, 0.1) is 0 Å². The van der Waals surface area contributed by atoms with E-state index in [0.29, 0.717) is 87.5 Å². The maximum Gasteiger partial charge on any atom is 0.275 e. The summed E-state index contributed by atoms with van der Waals surface area (Å²) in [5.41, 5.74) is 1.65. The normalized spacial score (nSPS) is 15.3. The monoisotopic (exact) mass is 565 g/mol. The molecule has 4 rings (SSSR count). The smallest absolute Gasteiger partial charge is 0.275 e. The summed E-state index contributed by atoms with van der Waals surface area (Å²) in [7, 11) is -3.83. The molecule has 9 nitrogen and oxygen atoms in total. The zero-order valence-corrected chi connectivity index (χ0v) is 23.4. The molecule has 0 saturated carbocycles. The number of alkyl halides is 2. The molecule has 3 aromatic rings. The molecule has 39 heavy (non-hydrogen) atoms. The predicted molar refractivity (Wildman–Crippen MR) is 147 cm³/mol. The SMILES string of the molecule is CCCOc1ccc(S(=O)(=O)N2CCN(CCCF)CC2)cc1-c1nc2c(CCCF)cn(CC)c2c(=O)[nH]1. The number of ether oxygens (including phenoxy) is 1. The number of piperazine rings is 1. The summed E-state index contributed by atoms with van der Waals surface area (Å²) >= 11 is 0. The Bertz CT molecular complexity index is 1430. The first kappa shape index (κ1) is 29.2. The number of aromatic amines is 1. The highest BCUT2D eigenvalue weighted by Crippen LogP contribution is 2.33. The summed E-state index contributed by atoms with van der Waals surface area (Å²) in [6.07, 6.45) is 3.74. The average molecular weight is 566 g/mol. The van der Waals surface area contributed by atoms with Crippen LogP contribution in [0.25, 0.3) is 22.4 Å². The Morgan fingerprint density at radius 3 is 2.49 bits per heavy atom. The molecule has 1 aromatic carbocycles. The van der Waals surface area contributed by atoms with Gasteiger partial charge in [0.15, 0.2) is 0 Å². The molecule has 214 valence electrons. The third-order valence-corrected chi connectivity index (χ3v) is 8.86. The fourth-order valence-corrected chi connectivity index (χ4v) is 6.36. The van der Waals surface area contributed by atoms with Crippen LogP contribution in [0.5, 0.6) is 5.75 Å². The highest BCUT2D eigenvalue weighted by Gasteiger charge is 2.29. The number of aromatic nitrogens is 3. The third kappa shape index (κ3) is 6.33. The van der Waals surface area contributed by atoms with E-state index in [2.05, 4.69) is 9.88 Å². The van der Waals surface area contributed by atoms with Gasteiger partial charge < -0.3 is 19.2 Å². The number of hydrogen-bond acceptors (Lipinski definition) is 6. The van der Waals surface area contributed by atoms with Gasteiger partial charge in [-0.15, -0.1) is 0 Å². The standard InChI is InChI=1S/C27H37F2N5O4S/c1-3-17-38-23-9-8-21(39(36,37)34-15-13-32(14-16-34)12-6-11-29)18-22(23)26-30-24-20(7-5-10-28)19-33(4-2)25(24)27(35)31-26/h8-9,18-19H,3-7,10-17H2,1-2H3,(H,30,31,35). The van der Waals surface area contributed by atoms with E-state index in [0.717, 1.165) is 12.0 Å². The molecule has 0 amide bonds. The molecule has 0 atom stereocenters. The first-order valence-electron chi connectivity index (χ1n) is 13.6. The van der Waals surface area contributed by atoms with Gasteiger partial charge in [0.25, 0.3) is 5.56 Å². The molecule has 0 aliphatic carbocycles. The van der Waals surface area contributed by atoms with Crippen LogP contribution in [0.4, 0.5) is 8.78 Å². The lowest BCUT2D eigenvalue weighted by atomic mass is 10.1. The molecule has 12 heteroatoms. The molecule has 1 aliphatic heterocycles. The van der Waals surface area contributed by atoms with Crippen LogP contribution in [0.2, 0.25) is 0 Å². The van der Waals surface area contributed by atoms with E-state index in [1.807, 2.05) is 20.0 Å². The highest BCUT2D eigenvalue weighted by atomic mass is 32.2. The van der Waals surface area contributed by atoms with Crippen molar-refractivity contribution >= 4 is 21.1 Å². The maximum absolute atomic E-state index is 13.6. The van der Waals surface area contributed by atoms with E-state index in [4.69, 9.17) is 9.72 Å². The van der Waals surface area contributed by atoms with Gasteiger partial charge >= 0.3 is 0 Å². The second kappa shape index (κ2) is 13.0. The van der Waals surface area contributed by atoms with Gasteiger partial charge in [-0.1, -0.05) is 6.92 Å². The Hall–Kier alpha value is -2.83. The van der Waals surface area contributed by atoms with Crippen molar-refractivity contribution in [3.8, 4) is 17.1 Å². The lowest BCUT2D eigenvalue weighted by molar-refractivity contribution is 0.182. The lowest BCUT2D eigenvalue weighted by Gasteiger charge is -2.33. The van der Waals surface area contributed by atoms with Crippen LogP contribution < -0.4 is 10.3 Å². The minimum atomic E-state index is -3.83. The Labute approximate surface area is 227 Å². The van der Waals surface area contributed by atoms with Crippen molar-refractivity contribution in [1.29, 1.82) is 0 Å². The number of nitrogens with zero attached hydrogens (tertiary/aromatic N) is 4. The van der Waals surface area contributed by atoms with E-state index < -0.39 is 23.4 Å². The number of benzene rings is 1. The van der Waals surface area contributed by atoms with Crippen LogP contribution in [0.3, 0.4) is 0 Å². The molecule has 0 spiro atoms. The number of hydrogen-bond donors (Lipinski definition) is 1. The number of rotatable bonds is 13. The van der Waals surface area contributed by atoms with Crippen molar-refractivity contribution in [2.45, 2.75) is 51.0 Å². The Morgan fingerprint density at radius 2 is 1.82 bits per heavy atom. The Kier molecular flexibility index (Phi) is 9.73. The van der Waals surface area contributed by atoms with E-state index in [9.17, 15) is 22.0 Å². The van der Waals surface area contributed by atoms with Crippen molar-refractivity contribution in [2.75, 3.05) is 52.7 Å². The maximum atomic E-state index is 13.6. The number of fused-ring (bicyclic) bond motifs is 1. The van der Waals surface area contributed by atoms with Crippen molar-refractivity contribution < 1.29 is 21.9 Å². The summed E-state index contributed by atoms with van der Waals surface area (Å²) < 4.78 is 61.8. The van der Waals surface area contributed by atoms with Gasteiger partial charge in [0, 0.05) is 45.5 Å². The molecular weight excluding hydrogens is 528 g/mol. The molecular formula is C27H37F2N5O4S. The van der Waals surface area contributed by atoms with Gasteiger partial charge in [0.1, 0.15) is 17.1 Å². The predicted octanol–water partition coefficient (Wildman–Crippen LogP) is 3.77. The minimum absolute atomic E-state index is 0.0742. The zero-order chi connectivity index (χ0) is 28.0. The van der Waals surface area contributed by atoms with Gasteiger partial charge in [-0.2, -0.15) is 4.31 Å². The average Bonchev–Trinajstić information content (AvgIpc) is 3.32. The summed E-state index contributed by atoms with van der Waals surface area (Å²) in [4.78, 5) is 22.9. The van der Waals surface area contributed by atoms with Gasteiger partial charge in [-0.05, 0) is 56.4 Å². The van der Waals surface area contributed by atoms with Crippen LogP contribution in [-0.2, 0) is 23.0 Å². The first-order chi connectivity index (χ1) is 18.8. The zero-order valence-electron chi connectivity index (χ0n) is 22.6. The fourth-order valence-electron chi connectivity index (χ4n) is 4.91. The molecule has 1 fully saturated rings. The van der Waals surface area contributed by atoms with E-state index in [-0.39, 0.29) is 16.3 Å². The first-order valence-corrected chi connectivity index (χ1v) is 15.0. The quantitative estimate of drug-likeness (QED) is 0.339. The molecule has 0 unspecified atom stereocenters. The van der Waals surface area contributed by atoms with Crippen molar-refractivity contribution in [3.05, 3.63) is 40.3 Å². The van der Waals surface area contributed by atoms with Crippen molar-refractivity contribution in [2.24, 2.45) is 0 Å². The van der Waals surface area contributed by atoms with Crippen molar-refractivity contribution in [1.82, 2.24) is 23.7 Å². The largest absolute Gasteiger partial charge is 0.493 e. The lowest BCUT2D eigenvalue weighted by Crippen LogP contribution is -2.48. The van der Waals surface area contributed by atoms with Crippen LogP contribution >= 0.6 is 0 Å². The summed E-state index contributed by atoms with van der Waals surface area (Å²) in [6.45, 7) is 6.24. The summed E-state index contributed by atoms with van der Waals surface area (Å²) in [5, 5.41) is 0. The van der Waals surface area contributed by atoms with Gasteiger partial charge in [0.2, 0.25) is 10.0 Å². The highest BCUT2D eigenvalue weighted by molar-refractivity contribution is 7.89. The molecule has 3 heterocycles. The molecule has 1 N–H and O–H groups in total. The Morgan fingerprint density at radius 1 is 1.08 bits per heavy atom. The topological polar surface area (TPSA) is 101 Å². The fraction of sp³-hybridized carbons (Fsp3) is 0.556. The molecule has 0 bridgehead atoms. The number of aryl methyl sites for hydroxylation is 2. The van der Waals surface area contributed by atoms with E-state index in [1.54, 1.807) is 10.6 Å². The van der Waals surface area contributed by atoms with E-state index >= 15 is 0 Å². The third-order valence-electron chi connectivity index (χ3n) is 6.96. The number of halogens is 2. The van der Waals surface area contributed by atoms with Crippen LogP contribution in [-0.4, -0.2) is 84.8 Å². The molecule has 0 radical (unpaired) electrons. The molecule has 1 saturated heterocycles. The second-order valence-electron chi connectivity index (χ2n) is 9.64. The molecule has 1 aliphatic rings. The number of H-pyrrole nitrogens is 1. The van der Waals surface area contributed by atoms with Gasteiger partial charge in [-0.3, -0.25) is 13.6 Å². The minimum Gasteiger partial charge on any atom is -0.493 e. The molecule has 2 aromatic heterocycles. The second-order valence-corrected chi connectivity index (χ2v) is 11.6. The van der Waals surface area contributed by atoms with Gasteiger partial charge in [0.05, 0.1) is 35.9 Å². The van der Waals surface area contributed by atoms with Crippen molar-refractivity contribution in [3.63, 3.8) is 0 Å². The number of nitrogens with one attached hydrogen (secondary N) is 1. The summed E-state index contributed by atoms with van der Waals surface area (Å²) in [6, 6.07) is 4.61. The van der Waals surface area contributed by atoms with E-state index in [1.165, 1.54) is 16.4 Å². The number of sulfonamides is 1. The Balaban J connectivity index is 1.75.